The number of likely N-dealkylation sites (N-methyl/N-ethyl adjacent to an activating group) is 2. The standard InChI is InChI=1S/C46H70N6O10/c1-30(38(56)48-32(41(59)61-44(5,6)7)22-23-33(53)47-27-18-19-28-52-34(54)24-25-35(52)55)26-29-50(13)40(58)36(43(2,3)4)49-39(57)37(51(14)42(60)62-45(8,9)10)46(11,12)31-20-16-15-17-21-31/h15-17,20-21,24-26,32,36-37H,18-19,22-23,27-29H2,1-14H3,(H,47,53)(H,48,56)(H,49,57)/b30-26+/t32-,36?,37-/m1/s1. The average Bonchev–Trinajstić information content (AvgIpc) is 3.47. The van der Waals surface area contributed by atoms with Gasteiger partial charge in [-0.05, 0) is 78.7 Å². The first-order chi connectivity index (χ1) is 28.5. The Morgan fingerprint density at radius 1 is 0.790 bits per heavy atom. The van der Waals surface area contributed by atoms with E-state index in [1.165, 1.54) is 49.0 Å². The largest absolute Gasteiger partial charge is 0.458 e. The lowest BCUT2D eigenvalue weighted by molar-refractivity contribution is -0.158. The van der Waals surface area contributed by atoms with Crippen LogP contribution in [0.15, 0.2) is 54.1 Å². The number of ether oxygens (including phenoxy) is 2. The number of carbonyl (C=O) groups is 8. The maximum absolute atomic E-state index is 14.4. The molecule has 1 heterocycles. The molecule has 0 saturated carbocycles. The molecule has 344 valence electrons. The number of nitrogens with zero attached hydrogens (tertiary/aromatic N) is 3. The molecule has 1 aliphatic rings. The normalized spacial score (nSPS) is 15.0. The highest BCUT2D eigenvalue weighted by atomic mass is 16.6. The van der Waals surface area contributed by atoms with Crippen molar-refractivity contribution < 1.29 is 47.8 Å². The molecule has 3 atom stereocenters. The highest BCUT2D eigenvalue weighted by Gasteiger charge is 2.45. The third-order valence-electron chi connectivity index (χ3n) is 10.0. The highest BCUT2D eigenvalue weighted by molar-refractivity contribution is 6.12. The van der Waals surface area contributed by atoms with Crippen molar-refractivity contribution in [2.24, 2.45) is 5.41 Å². The predicted octanol–water partition coefficient (Wildman–Crippen LogP) is 4.56. The van der Waals surface area contributed by atoms with E-state index in [0.29, 0.717) is 12.8 Å². The predicted molar refractivity (Wildman–Crippen MR) is 235 cm³/mol. The molecule has 1 aliphatic heterocycles. The summed E-state index contributed by atoms with van der Waals surface area (Å²) in [6.45, 7) is 21.4. The minimum atomic E-state index is -1.16. The molecule has 0 aliphatic carbocycles. The number of rotatable bonds is 19. The quantitative estimate of drug-likeness (QED) is 0.0767. The Kier molecular flexibility index (Phi) is 18.7. The summed E-state index contributed by atoms with van der Waals surface area (Å²) in [5, 5.41) is 8.37. The first-order valence-corrected chi connectivity index (χ1v) is 21.0. The third kappa shape index (κ3) is 16.4. The van der Waals surface area contributed by atoms with E-state index < -0.39 is 69.9 Å². The molecule has 1 aromatic rings. The van der Waals surface area contributed by atoms with Gasteiger partial charge in [0.25, 0.3) is 11.8 Å². The van der Waals surface area contributed by atoms with Gasteiger partial charge in [0, 0.05) is 63.3 Å². The number of hydrogen-bond donors (Lipinski definition) is 3. The molecule has 1 aromatic carbocycles. The minimum absolute atomic E-state index is 0.0343. The number of amides is 7. The molecule has 16 nitrogen and oxygen atoms in total. The van der Waals surface area contributed by atoms with E-state index in [1.54, 1.807) is 41.5 Å². The second kappa shape index (κ2) is 22.0. The van der Waals surface area contributed by atoms with Crippen molar-refractivity contribution in [2.45, 2.75) is 144 Å². The molecular weight excluding hydrogens is 797 g/mol. The van der Waals surface area contributed by atoms with Crippen molar-refractivity contribution >= 4 is 47.5 Å². The molecule has 2 rings (SSSR count). The van der Waals surface area contributed by atoms with Crippen LogP contribution >= 0.6 is 0 Å². The molecule has 0 fully saturated rings. The first kappa shape index (κ1) is 52.6. The molecule has 16 heteroatoms. The van der Waals surface area contributed by atoms with Gasteiger partial charge in [0.15, 0.2) is 0 Å². The van der Waals surface area contributed by atoms with Gasteiger partial charge >= 0.3 is 12.1 Å². The smallest absolute Gasteiger partial charge is 0.410 e. The van der Waals surface area contributed by atoms with E-state index in [9.17, 15) is 38.4 Å². The van der Waals surface area contributed by atoms with Crippen LogP contribution in [0.5, 0.6) is 0 Å². The topological polar surface area (TPSA) is 201 Å². The van der Waals surface area contributed by atoms with Crippen molar-refractivity contribution in [3.63, 3.8) is 0 Å². The summed E-state index contributed by atoms with van der Waals surface area (Å²) in [6.07, 6.45) is 4.10. The Morgan fingerprint density at radius 3 is 1.89 bits per heavy atom. The maximum Gasteiger partial charge on any atom is 0.410 e. The van der Waals surface area contributed by atoms with Gasteiger partial charge in [-0.15, -0.1) is 0 Å². The summed E-state index contributed by atoms with van der Waals surface area (Å²) in [7, 11) is 3.04. The van der Waals surface area contributed by atoms with Crippen LogP contribution in [0.3, 0.4) is 0 Å². The highest BCUT2D eigenvalue weighted by Crippen LogP contribution is 2.32. The third-order valence-corrected chi connectivity index (χ3v) is 10.0. The molecule has 3 N–H and O–H groups in total. The summed E-state index contributed by atoms with van der Waals surface area (Å²) >= 11 is 0. The van der Waals surface area contributed by atoms with Crippen LogP contribution in [-0.2, 0) is 48.5 Å². The van der Waals surface area contributed by atoms with Gasteiger partial charge in [-0.25, -0.2) is 9.59 Å². The van der Waals surface area contributed by atoms with E-state index >= 15 is 0 Å². The monoisotopic (exact) mass is 867 g/mol. The van der Waals surface area contributed by atoms with Crippen LogP contribution in [0.1, 0.15) is 114 Å². The zero-order valence-electron chi connectivity index (χ0n) is 39.2. The lowest BCUT2D eigenvalue weighted by Gasteiger charge is -2.42. The number of nitrogens with one attached hydrogen (secondary N) is 3. The molecule has 62 heavy (non-hydrogen) atoms. The number of benzene rings is 1. The number of imide groups is 1. The molecule has 7 amide bonds. The van der Waals surface area contributed by atoms with Gasteiger partial charge < -0.3 is 30.3 Å². The van der Waals surface area contributed by atoms with Crippen molar-refractivity contribution in [2.75, 3.05) is 33.7 Å². The first-order valence-electron chi connectivity index (χ1n) is 21.0. The lowest BCUT2D eigenvalue weighted by Crippen LogP contribution is -2.62. The van der Waals surface area contributed by atoms with Crippen molar-refractivity contribution in [1.82, 2.24) is 30.7 Å². The summed E-state index contributed by atoms with van der Waals surface area (Å²) < 4.78 is 11.2. The van der Waals surface area contributed by atoms with Gasteiger partial charge in [-0.3, -0.25) is 38.6 Å². The Morgan fingerprint density at radius 2 is 1.35 bits per heavy atom. The van der Waals surface area contributed by atoms with E-state index in [0.717, 1.165) is 10.5 Å². The second-order valence-electron chi connectivity index (χ2n) is 19.3. The molecule has 0 aromatic heterocycles. The SMILES string of the molecule is C/C(=C\CN(C)C(=O)C(NC(=O)[C@@H](N(C)C(=O)OC(C)(C)C)C(C)(C)c1ccccc1)C(C)(C)C)C(=O)N[C@H](CCC(=O)NCCCCN1C(=O)C=CC1=O)C(=O)OC(C)(C)C. The number of hydrogen-bond acceptors (Lipinski definition) is 10. The Hall–Kier alpha value is -5.54. The van der Waals surface area contributed by atoms with E-state index in [-0.39, 0.29) is 55.8 Å². The summed E-state index contributed by atoms with van der Waals surface area (Å²) in [5.41, 5.74) is -2.43. The van der Waals surface area contributed by atoms with Gasteiger partial charge in [-0.1, -0.05) is 71.0 Å². The van der Waals surface area contributed by atoms with E-state index in [4.69, 9.17) is 9.47 Å². The van der Waals surface area contributed by atoms with Gasteiger partial charge in [0.2, 0.25) is 23.6 Å². The summed E-state index contributed by atoms with van der Waals surface area (Å²) in [5.74, 6) is -3.43. The average molecular weight is 867 g/mol. The fourth-order valence-electron chi connectivity index (χ4n) is 6.53. The van der Waals surface area contributed by atoms with E-state index in [2.05, 4.69) is 16.0 Å². The van der Waals surface area contributed by atoms with E-state index in [1.807, 2.05) is 65.0 Å². The van der Waals surface area contributed by atoms with Crippen LogP contribution in [0.2, 0.25) is 0 Å². The molecular formula is C46H70N6O10. The van der Waals surface area contributed by atoms with Crippen molar-refractivity contribution in [1.29, 1.82) is 0 Å². The Labute approximate surface area is 367 Å². The number of unbranched alkanes of at least 4 members (excludes halogenated alkanes) is 1. The summed E-state index contributed by atoms with van der Waals surface area (Å²) in [6, 6.07) is 5.98. The second-order valence-corrected chi connectivity index (χ2v) is 19.3. The molecule has 0 bridgehead atoms. The fraction of sp³-hybridized carbons (Fsp3) is 0.609. The van der Waals surface area contributed by atoms with Crippen LogP contribution in [0, 0.1) is 5.41 Å². The molecule has 1 unspecified atom stereocenters. The van der Waals surface area contributed by atoms with Gasteiger partial charge in [0.05, 0.1) is 0 Å². The minimum Gasteiger partial charge on any atom is -0.458 e. The van der Waals surface area contributed by atoms with Gasteiger partial charge in [0.1, 0.15) is 29.3 Å². The Bertz CT molecular complexity index is 1830. The fourth-order valence-corrected chi connectivity index (χ4v) is 6.53. The van der Waals surface area contributed by atoms with Crippen molar-refractivity contribution in [3.05, 3.63) is 59.7 Å². The number of esters is 1. The van der Waals surface area contributed by atoms with Crippen LogP contribution in [0.25, 0.3) is 0 Å². The molecule has 0 radical (unpaired) electrons. The van der Waals surface area contributed by atoms with Crippen LogP contribution in [0.4, 0.5) is 4.79 Å². The van der Waals surface area contributed by atoms with Gasteiger partial charge in [-0.2, -0.15) is 0 Å². The molecule has 0 saturated heterocycles. The lowest BCUT2D eigenvalue weighted by atomic mass is 9.76. The van der Waals surface area contributed by atoms with Crippen LogP contribution < -0.4 is 16.0 Å². The summed E-state index contributed by atoms with van der Waals surface area (Å²) in [4.78, 5) is 108. The maximum atomic E-state index is 14.4. The zero-order valence-corrected chi connectivity index (χ0v) is 39.2. The zero-order chi connectivity index (χ0) is 47.4. The van der Waals surface area contributed by atoms with Crippen LogP contribution in [-0.4, -0.2) is 125 Å². The van der Waals surface area contributed by atoms with Crippen molar-refractivity contribution in [3.8, 4) is 0 Å². The molecule has 0 spiro atoms. The number of carbonyl (C=O) groups excluding carboxylic acids is 8. The Balaban J connectivity index is 2.18.